The van der Waals surface area contributed by atoms with Crippen molar-refractivity contribution in [3.8, 4) is 5.75 Å². The van der Waals surface area contributed by atoms with Crippen LogP contribution in [0.15, 0.2) is 23.1 Å². The summed E-state index contributed by atoms with van der Waals surface area (Å²) >= 11 is 0.716. The van der Waals surface area contributed by atoms with Gasteiger partial charge in [-0.2, -0.15) is 0 Å². The van der Waals surface area contributed by atoms with Crippen molar-refractivity contribution in [3.63, 3.8) is 0 Å². The molecule has 1 saturated heterocycles. The van der Waals surface area contributed by atoms with Crippen LogP contribution < -0.4 is 5.32 Å². The summed E-state index contributed by atoms with van der Waals surface area (Å²) in [6.07, 6.45) is 1.34. The molecular weight excluding hydrogens is 260 g/mol. The lowest BCUT2D eigenvalue weighted by atomic mass is 10.1. The summed E-state index contributed by atoms with van der Waals surface area (Å²) in [5.74, 6) is -0.998. The maximum atomic E-state index is 11.3. The van der Waals surface area contributed by atoms with Crippen molar-refractivity contribution in [1.82, 2.24) is 5.32 Å². The molecule has 0 unspecified atom stereocenters. The molecular formula is C10H6N2O5S. The maximum Gasteiger partial charge on any atom is 0.311 e. The van der Waals surface area contributed by atoms with Crippen LogP contribution in [0.2, 0.25) is 0 Å². The Labute approximate surface area is 105 Å². The summed E-state index contributed by atoms with van der Waals surface area (Å²) in [5, 5.41) is 21.5. The molecule has 8 heteroatoms. The Bertz CT molecular complexity index is 596. The van der Waals surface area contributed by atoms with Crippen LogP contribution in [0.25, 0.3) is 6.08 Å². The molecule has 1 heterocycles. The predicted octanol–water partition coefficient (Wildman–Crippen LogP) is 1.62. The third kappa shape index (κ3) is 2.33. The SMILES string of the molecule is O=C1NC(=O)C(=Cc2ccc(O)c([N+](=O)[O-])c2)S1. The number of carbonyl (C=O) groups excluding carboxylic acids is 2. The molecule has 0 aromatic heterocycles. The Balaban J connectivity index is 2.38. The zero-order chi connectivity index (χ0) is 13.3. The van der Waals surface area contributed by atoms with Gasteiger partial charge in [-0.05, 0) is 29.5 Å². The number of benzene rings is 1. The number of phenols is 1. The van der Waals surface area contributed by atoms with Crippen molar-refractivity contribution in [2.45, 2.75) is 0 Å². The summed E-state index contributed by atoms with van der Waals surface area (Å²) in [6, 6.07) is 3.69. The van der Waals surface area contributed by atoms with Crippen molar-refractivity contribution in [1.29, 1.82) is 0 Å². The largest absolute Gasteiger partial charge is 0.502 e. The minimum absolute atomic E-state index is 0.153. The van der Waals surface area contributed by atoms with Crippen LogP contribution in [0.1, 0.15) is 5.56 Å². The highest BCUT2D eigenvalue weighted by molar-refractivity contribution is 8.18. The number of nitro groups is 1. The molecule has 0 aliphatic carbocycles. The van der Waals surface area contributed by atoms with Crippen LogP contribution in [-0.4, -0.2) is 21.2 Å². The highest BCUT2D eigenvalue weighted by atomic mass is 32.2. The zero-order valence-corrected chi connectivity index (χ0v) is 9.56. The van der Waals surface area contributed by atoms with Gasteiger partial charge in [-0.15, -0.1) is 0 Å². The number of nitro benzene ring substituents is 1. The second-order valence-electron chi connectivity index (χ2n) is 3.36. The van der Waals surface area contributed by atoms with E-state index in [0.717, 1.165) is 12.1 Å². The molecule has 7 nitrogen and oxygen atoms in total. The van der Waals surface area contributed by atoms with Gasteiger partial charge in [0.05, 0.1) is 9.83 Å². The molecule has 0 atom stereocenters. The average molecular weight is 266 g/mol. The zero-order valence-electron chi connectivity index (χ0n) is 8.75. The summed E-state index contributed by atoms with van der Waals surface area (Å²) in [5.41, 5.74) is -0.106. The number of amides is 2. The Morgan fingerprint density at radius 2 is 2.11 bits per heavy atom. The van der Waals surface area contributed by atoms with Gasteiger partial charge in [-0.3, -0.25) is 25.0 Å². The lowest BCUT2D eigenvalue weighted by Crippen LogP contribution is -2.17. The first-order valence-corrected chi connectivity index (χ1v) is 5.51. The van der Waals surface area contributed by atoms with Gasteiger partial charge in [0.2, 0.25) is 0 Å². The third-order valence-electron chi connectivity index (χ3n) is 2.14. The fraction of sp³-hybridized carbons (Fsp3) is 0. The first-order chi connectivity index (χ1) is 8.47. The highest BCUT2D eigenvalue weighted by Crippen LogP contribution is 2.30. The van der Waals surface area contributed by atoms with Crippen molar-refractivity contribution in [3.05, 3.63) is 38.8 Å². The van der Waals surface area contributed by atoms with Crippen LogP contribution in [0.4, 0.5) is 10.5 Å². The van der Waals surface area contributed by atoms with Gasteiger partial charge in [0.1, 0.15) is 0 Å². The molecule has 1 aliphatic rings. The number of phenolic OH excluding ortho intramolecular Hbond substituents is 1. The lowest BCUT2D eigenvalue weighted by molar-refractivity contribution is -0.385. The van der Waals surface area contributed by atoms with Gasteiger partial charge in [0.15, 0.2) is 5.75 Å². The topological polar surface area (TPSA) is 110 Å². The second-order valence-corrected chi connectivity index (χ2v) is 4.37. The van der Waals surface area contributed by atoms with Crippen LogP contribution in [-0.2, 0) is 4.79 Å². The fourth-order valence-electron chi connectivity index (χ4n) is 1.35. The van der Waals surface area contributed by atoms with Crippen LogP contribution in [0.5, 0.6) is 5.75 Å². The molecule has 0 bridgehead atoms. The summed E-state index contributed by atoms with van der Waals surface area (Å²) in [7, 11) is 0. The van der Waals surface area contributed by atoms with Gasteiger partial charge in [0.25, 0.3) is 11.1 Å². The van der Waals surface area contributed by atoms with Crippen molar-refractivity contribution >= 4 is 34.7 Å². The minimum Gasteiger partial charge on any atom is -0.502 e. The van der Waals surface area contributed by atoms with Gasteiger partial charge < -0.3 is 5.11 Å². The van der Waals surface area contributed by atoms with E-state index in [2.05, 4.69) is 5.32 Å². The minimum atomic E-state index is -0.732. The first kappa shape index (κ1) is 12.1. The fourth-order valence-corrected chi connectivity index (χ4v) is 2.03. The van der Waals surface area contributed by atoms with Crippen molar-refractivity contribution in [2.24, 2.45) is 0 Å². The molecule has 1 aromatic rings. The number of hydrogen-bond acceptors (Lipinski definition) is 6. The van der Waals surface area contributed by atoms with E-state index in [1.807, 2.05) is 0 Å². The van der Waals surface area contributed by atoms with Gasteiger partial charge in [-0.1, -0.05) is 6.07 Å². The summed E-state index contributed by atoms with van der Waals surface area (Å²) in [4.78, 5) is 32.2. The monoisotopic (exact) mass is 266 g/mol. The van der Waals surface area contributed by atoms with Gasteiger partial charge >= 0.3 is 5.69 Å². The molecule has 0 saturated carbocycles. The van der Waals surface area contributed by atoms with E-state index in [1.54, 1.807) is 0 Å². The van der Waals surface area contributed by atoms with E-state index in [4.69, 9.17) is 0 Å². The van der Waals surface area contributed by atoms with E-state index >= 15 is 0 Å². The first-order valence-electron chi connectivity index (χ1n) is 4.69. The van der Waals surface area contributed by atoms with E-state index in [-0.39, 0.29) is 4.91 Å². The molecule has 2 N–H and O–H groups in total. The molecule has 0 spiro atoms. The van der Waals surface area contributed by atoms with E-state index < -0.39 is 27.5 Å². The van der Waals surface area contributed by atoms with Crippen LogP contribution in [0, 0.1) is 10.1 Å². The number of carbonyl (C=O) groups is 2. The van der Waals surface area contributed by atoms with E-state index in [9.17, 15) is 24.8 Å². The van der Waals surface area contributed by atoms with E-state index in [1.165, 1.54) is 12.1 Å². The van der Waals surface area contributed by atoms with Crippen molar-refractivity contribution < 1.29 is 19.6 Å². The Kier molecular flexibility index (Phi) is 3.02. The number of rotatable bonds is 2. The molecule has 1 aromatic carbocycles. The number of imide groups is 1. The molecule has 0 radical (unpaired) electrons. The number of aromatic hydroxyl groups is 1. The molecule has 18 heavy (non-hydrogen) atoms. The normalized spacial score (nSPS) is 17.0. The van der Waals surface area contributed by atoms with E-state index in [0.29, 0.717) is 17.3 Å². The van der Waals surface area contributed by atoms with Gasteiger partial charge in [0, 0.05) is 6.07 Å². The number of thioether (sulfide) groups is 1. The summed E-state index contributed by atoms with van der Waals surface area (Å²) < 4.78 is 0. The van der Waals surface area contributed by atoms with Crippen LogP contribution >= 0.6 is 11.8 Å². The molecule has 92 valence electrons. The Morgan fingerprint density at radius 1 is 1.39 bits per heavy atom. The maximum absolute atomic E-state index is 11.3. The number of nitrogens with one attached hydrogen (secondary N) is 1. The lowest BCUT2D eigenvalue weighted by Gasteiger charge is -1.98. The standard InChI is InChI=1S/C10H6N2O5S/c13-7-2-1-5(3-6(7)12(16)17)4-8-9(14)11-10(15)18-8/h1-4,13H,(H,11,14,15). The van der Waals surface area contributed by atoms with Crippen molar-refractivity contribution in [2.75, 3.05) is 0 Å². The summed E-state index contributed by atoms with van der Waals surface area (Å²) in [6.45, 7) is 0. The Hall–Kier alpha value is -2.35. The third-order valence-corrected chi connectivity index (χ3v) is 2.95. The molecule has 1 aliphatic heterocycles. The molecule has 2 amide bonds. The quantitative estimate of drug-likeness (QED) is 0.478. The molecule has 2 rings (SSSR count). The second kappa shape index (κ2) is 4.49. The highest BCUT2D eigenvalue weighted by Gasteiger charge is 2.25. The number of nitrogens with zero attached hydrogens (tertiary/aromatic N) is 1. The van der Waals surface area contributed by atoms with Gasteiger partial charge in [-0.25, -0.2) is 0 Å². The number of hydrogen-bond donors (Lipinski definition) is 2. The average Bonchev–Trinajstić information content (AvgIpc) is 2.60. The predicted molar refractivity (Wildman–Crippen MR) is 63.9 cm³/mol. The molecule has 1 fully saturated rings. The Morgan fingerprint density at radius 3 is 2.67 bits per heavy atom. The smallest absolute Gasteiger partial charge is 0.311 e. The van der Waals surface area contributed by atoms with Crippen LogP contribution in [0.3, 0.4) is 0 Å².